The Morgan fingerprint density at radius 3 is 2.56 bits per heavy atom. The van der Waals surface area contributed by atoms with Gasteiger partial charge in [0, 0.05) is 5.03 Å². The number of allylic oxidation sites excluding steroid dienone is 4. The molecule has 18 heavy (non-hydrogen) atoms. The van der Waals surface area contributed by atoms with E-state index in [1.165, 1.54) is 7.11 Å². The van der Waals surface area contributed by atoms with Crippen LogP contribution < -0.4 is 4.74 Å². The smallest absolute Gasteiger partial charge is 0.339 e. The van der Waals surface area contributed by atoms with Crippen molar-refractivity contribution in [3.05, 3.63) is 46.5 Å². The second kappa shape index (κ2) is 6.26. The molecule has 1 N–H and O–H groups in total. The third-order valence-electron chi connectivity index (χ3n) is 2.43. The fourth-order valence-electron chi connectivity index (χ4n) is 1.60. The molecule has 4 heteroatoms. The first kappa shape index (κ1) is 14.3. The number of carbonyl (C=O) groups is 1. The number of carboxylic acids is 1. The van der Waals surface area contributed by atoms with E-state index in [0.717, 1.165) is 11.1 Å². The quantitative estimate of drug-likeness (QED) is 0.840. The van der Waals surface area contributed by atoms with Gasteiger partial charge in [-0.3, -0.25) is 0 Å². The van der Waals surface area contributed by atoms with E-state index in [4.69, 9.17) is 21.4 Å². The van der Waals surface area contributed by atoms with Crippen LogP contribution in [0.4, 0.5) is 0 Å². The standard InChI is InChI=1S/C14H15ClO3/c1-4-10(7-9(2)15)11-5-6-13(18-3)12(8-11)14(16)17/h4-8H,1-3H3,(H,16,17). The van der Waals surface area contributed by atoms with Crippen LogP contribution in [0.15, 0.2) is 35.4 Å². The highest BCUT2D eigenvalue weighted by atomic mass is 35.5. The molecule has 0 bridgehead atoms. The highest BCUT2D eigenvalue weighted by Gasteiger charge is 2.12. The molecule has 0 aliphatic carbocycles. The maximum Gasteiger partial charge on any atom is 0.339 e. The van der Waals surface area contributed by atoms with Gasteiger partial charge in [0.1, 0.15) is 11.3 Å². The normalized spacial score (nSPS) is 12.4. The lowest BCUT2D eigenvalue weighted by Gasteiger charge is -2.08. The SMILES string of the molecule is CC=C(C=C(C)Cl)c1ccc(OC)c(C(=O)O)c1. The molecule has 0 saturated carbocycles. The molecule has 0 amide bonds. The fraction of sp³-hybridized carbons (Fsp3) is 0.214. The van der Waals surface area contributed by atoms with E-state index in [0.29, 0.717) is 10.8 Å². The van der Waals surface area contributed by atoms with Crippen molar-refractivity contribution in [3.8, 4) is 5.75 Å². The molecule has 1 aromatic rings. The molecule has 0 aliphatic heterocycles. The predicted molar refractivity (Wildman–Crippen MR) is 73.2 cm³/mol. The van der Waals surface area contributed by atoms with Crippen LogP contribution in [0.2, 0.25) is 0 Å². The molecule has 0 atom stereocenters. The minimum atomic E-state index is -1.02. The summed E-state index contributed by atoms with van der Waals surface area (Å²) in [7, 11) is 1.45. The number of aromatic carboxylic acids is 1. The van der Waals surface area contributed by atoms with Crippen LogP contribution in [0.1, 0.15) is 29.8 Å². The number of carboxylic acid groups (broad SMARTS) is 1. The monoisotopic (exact) mass is 266 g/mol. The van der Waals surface area contributed by atoms with Crippen molar-refractivity contribution >= 4 is 23.1 Å². The van der Waals surface area contributed by atoms with E-state index in [2.05, 4.69) is 0 Å². The average Bonchev–Trinajstić information content (AvgIpc) is 2.34. The zero-order valence-electron chi connectivity index (χ0n) is 10.5. The molecular weight excluding hydrogens is 252 g/mol. The van der Waals surface area contributed by atoms with Crippen molar-refractivity contribution in [3.63, 3.8) is 0 Å². The molecule has 3 nitrogen and oxygen atoms in total. The van der Waals surface area contributed by atoms with Crippen LogP contribution >= 0.6 is 11.6 Å². The van der Waals surface area contributed by atoms with Gasteiger partial charge in [0.05, 0.1) is 7.11 Å². The summed E-state index contributed by atoms with van der Waals surface area (Å²) in [5.74, 6) is -0.677. The second-order valence-corrected chi connectivity index (χ2v) is 4.29. The zero-order chi connectivity index (χ0) is 13.7. The van der Waals surface area contributed by atoms with Crippen molar-refractivity contribution < 1.29 is 14.6 Å². The number of hydrogen-bond acceptors (Lipinski definition) is 2. The van der Waals surface area contributed by atoms with E-state index < -0.39 is 5.97 Å². The van der Waals surface area contributed by atoms with E-state index in [1.54, 1.807) is 31.2 Å². The Kier molecular flexibility index (Phi) is 4.98. The molecule has 0 spiro atoms. The lowest BCUT2D eigenvalue weighted by molar-refractivity contribution is 0.0693. The van der Waals surface area contributed by atoms with Gasteiger partial charge in [-0.15, -0.1) is 0 Å². The molecule has 0 radical (unpaired) electrons. The summed E-state index contributed by atoms with van der Waals surface area (Å²) < 4.78 is 5.01. The maximum absolute atomic E-state index is 11.1. The Morgan fingerprint density at radius 1 is 1.44 bits per heavy atom. The third-order valence-corrected chi connectivity index (χ3v) is 2.54. The lowest BCUT2D eigenvalue weighted by atomic mass is 10.0. The molecule has 1 rings (SSSR count). The zero-order valence-corrected chi connectivity index (χ0v) is 11.3. The Balaban J connectivity index is 3.31. The van der Waals surface area contributed by atoms with Crippen LogP contribution in [0.25, 0.3) is 5.57 Å². The number of methoxy groups -OCH3 is 1. The van der Waals surface area contributed by atoms with Crippen LogP contribution in [0.3, 0.4) is 0 Å². The van der Waals surface area contributed by atoms with Gasteiger partial charge in [-0.05, 0) is 43.2 Å². The summed E-state index contributed by atoms with van der Waals surface area (Å²) in [5.41, 5.74) is 1.79. The largest absolute Gasteiger partial charge is 0.496 e. The van der Waals surface area contributed by atoms with Crippen molar-refractivity contribution in [1.82, 2.24) is 0 Å². The van der Waals surface area contributed by atoms with Gasteiger partial charge in [-0.1, -0.05) is 23.7 Å². The number of halogens is 1. The predicted octanol–water partition coefficient (Wildman–Crippen LogP) is 3.94. The van der Waals surface area contributed by atoms with E-state index in [1.807, 2.05) is 13.0 Å². The van der Waals surface area contributed by atoms with Crippen LogP contribution in [0.5, 0.6) is 5.75 Å². The Bertz CT molecular complexity index is 512. The Morgan fingerprint density at radius 2 is 2.11 bits per heavy atom. The summed E-state index contributed by atoms with van der Waals surface area (Å²) >= 11 is 5.84. The maximum atomic E-state index is 11.1. The minimum absolute atomic E-state index is 0.134. The minimum Gasteiger partial charge on any atom is -0.496 e. The molecule has 0 unspecified atom stereocenters. The summed E-state index contributed by atoms with van der Waals surface area (Å²) in [6, 6.07) is 5.02. The van der Waals surface area contributed by atoms with E-state index >= 15 is 0 Å². The number of ether oxygens (including phenoxy) is 1. The first-order valence-corrected chi connectivity index (χ1v) is 5.79. The Hall–Kier alpha value is -1.74. The van der Waals surface area contributed by atoms with Crippen LogP contribution in [-0.2, 0) is 0 Å². The van der Waals surface area contributed by atoms with Crippen molar-refractivity contribution in [2.24, 2.45) is 0 Å². The molecule has 96 valence electrons. The summed E-state index contributed by atoms with van der Waals surface area (Å²) in [5, 5.41) is 9.75. The van der Waals surface area contributed by atoms with Gasteiger partial charge >= 0.3 is 5.97 Å². The van der Waals surface area contributed by atoms with E-state index in [-0.39, 0.29) is 5.56 Å². The summed E-state index contributed by atoms with van der Waals surface area (Å²) in [6.07, 6.45) is 3.66. The molecule has 0 fully saturated rings. The first-order valence-electron chi connectivity index (χ1n) is 5.41. The van der Waals surface area contributed by atoms with Gasteiger partial charge in [0.2, 0.25) is 0 Å². The fourth-order valence-corrected chi connectivity index (χ4v) is 1.72. The van der Waals surface area contributed by atoms with Gasteiger partial charge in [0.15, 0.2) is 0 Å². The summed E-state index contributed by atoms with van der Waals surface area (Å²) in [6.45, 7) is 3.64. The number of rotatable bonds is 4. The van der Waals surface area contributed by atoms with Crippen LogP contribution in [-0.4, -0.2) is 18.2 Å². The molecule has 0 aliphatic rings. The third kappa shape index (κ3) is 3.37. The molecule has 0 aromatic heterocycles. The highest BCUT2D eigenvalue weighted by Crippen LogP contribution is 2.25. The molecular formula is C14H15ClO3. The van der Waals surface area contributed by atoms with E-state index in [9.17, 15) is 4.79 Å². The lowest BCUT2D eigenvalue weighted by Crippen LogP contribution is -2.01. The van der Waals surface area contributed by atoms with Gasteiger partial charge < -0.3 is 9.84 Å². The topological polar surface area (TPSA) is 46.5 Å². The molecule has 0 heterocycles. The van der Waals surface area contributed by atoms with Crippen molar-refractivity contribution in [1.29, 1.82) is 0 Å². The molecule has 1 aromatic carbocycles. The first-order chi connectivity index (χ1) is 8.49. The van der Waals surface area contributed by atoms with Gasteiger partial charge in [-0.2, -0.15) is 0 Å². The Labute approximate surface area is 111 Å². The van der Waals surface area contributed by atoms with Gasteiger partial charge in [-0.25, -0.2) is 4.79 Å². The highest BCUT2D eigenvalue weighted by molar-refractivity contribution is 6.29. The van der Waals surface area contributed by atoms with Gasteiger partial charge in [0.25, 0.3) is 0 Å². The van der Waals surface area contributed by atoms with Crippen molar-refractivity contribution in [2.75, 3.05) is 7.11 Å². The average molecular weight is 267 g/mol. The van der Waals surface area contributed by atoms with Crippen molar-refractivity contribution in [2.45, 2.75) is 13.8 Å². The molecule has 0 saturated heterocycles. The number of benzene rings is 1. The number of hydrogen-bond donors (Lipinski definition) is 1. The second-order valence-electron chi connectivity index (χ2n) is 3.70. The summed E-state index contributed by atoms with van der Waals surface area (Å²) in [4.78, 5) is 11.1. The van der Waals surface area contributed by atoms with Crippen LogP contribution in [0, 0.1) is 0 Å².